The minimum Gasteiger partial charge on any atom is -0.464 e. The molecule has 2 aromatic rings. The molecule has 2 N–H and O–H groups in total. The molecule has 0 saturated heterocycles. The van der Waals surface area contributed by atoms with Crippen LogP contribution in [-0.4, -0.2) is 59.9 Å². The number of rotatable bonds is 13. The van der Waals surface area contributed by atoms with Crippen LogP contribution in [0.15, 0.2) is 45.8 Å². The van der Waals surface area contributed by atoms with Gasteiger partial charge in [-0.2, -0.15) is 11.8 Å². The van der Waals surface area contributed by atoms with Gasteiger partial charge in [0.05, 0.1) is 18.8 Å². The smallest absolute Gasteiger partial charge is 0.260 e. The molecule has 1 aliphatic rings. The van der Waals surface area contributed by atoms with Gasteiger partial charge in [-0.3, -0.25) is 15.1 Å². The number of hydrogen-bond acceptors (Lipinski definition) is 7. The molecule has 9 heteroatoms. The molecule has 0 fully saturated rings. The lowest BCUT2D eigenvalue weighted by atomic mass is 9.80. The van der Waals surface area contributed by atoms with Crippen LogP contribution in [0.5, 0.6) is 0 Å². The lowest BCUT2D eigenvalue weighted by Crippen LogP contribution is -2.39. The topological polar surface area (TPSA) is 104 Å². The predicted octanol–water partition coefficient (Wildman–Crippen LogP) is 4.06. The van der Waals surface area contributed by atoms with Crippen molar-refractivity contribution in [3.8, 4) is 0 Å². The third-order valence-electron chi connectivity index (χ3n) is 5.87. The Morgan fingerprint density at radius 3 is 2.91 bits per heavy atom. The van der Waals surface area contributed by atoms with Crippen LogP contribution >= 0.6 is 11.8 Å². The van der Waals surface area contributed by atoms with Crippen molar-refractivity contribution in [3.63, 3.8) is 0 Å². The normalized spacial score (nSPS) is 16.9. The summed E-state index contributed by atoms with van der Waals surface area (Å²) in [6.45, 7) is 0.787. The summed E-state index contributed by atoms with van der Waals surface area (Å²) < 4.78 is 5.79. The molecule has 0 bridgehead atoms. The van der Waals surface area contributed by atoms with Crippen molar-refractivity contribution >= 4 is 17.6 Å². The van der Waals surface area contributed by atoms with E-state index < -0.39 is 17.7 Å². The zero-order valence-corrected chi connectivity index (χ0v) is 20.9. The van der Waals surface area contributed by atoms with E-state index in [2.05, 4.69) is 39.5 Å². The fourth-order valence-electron chi connectivity index (χ4n) is 4.36. The first-order valence-electron chi connectivity index (χ1n) is 11.9. The Bertz CT molecular complexity index is 947. The molecule has 1 aliphatic carbocycles. The van der Waals surface area contributed by atoms with Crippen molar-refractivity contribution in [2.24, 2.45) is 4.99 Å². The van der Waals surface area contributed by atoms with Crippen LogP contribution in [0.25, 0.3) is 0 Å². The van der Waals surface area contributed by atoms with Crippen molar-refractivity contribution < 1.29 is 14.4 Å². The number of aliphatic hydroxyl groups excluding tert-OH is 1. The Morgan fingerprint density at radius 1 is 1.32 bits per heavy atom. The van der Waals surface area contributed by atoms with E-state index in [4.69, 9.17) is 4.42 Å². The Labute approximate surface area is 206 Å². The van der Waals surface area contributed by atoms with E-state index >= 15 is 0 Å². The van der Waals surface area contributed by atoms with Crippen molar-refractivity contribution in [1.29, 1.82) is 0 Å². The summed E-state index contributed by atoms with van der Waals surface area (Å²) >= 11 is 1.67. The Balaban J connectivity index is 1.42. The van der Waals surface area contributed by atoms with Crippen molar-refractivity contribution in [3.05, 3.63) is 69.2 Å². The second-order valence-corrected chi connectivity index (χ2v) is 10.1. The first-order valence-corrected chi connectivity index (χ1v) is 13.0. The number of hydrogen-bond donors (Lipinski definition) is 2. The molecule has 0 spiro atoms. The summed E-state index contributed by atoms with van der Waals surface area (Å²) in [7, 11) is 3.99. The number of nitrogens with one attached hydrogen (secondary N) is 1. The molecule has 1 aromatic carbocycles. The highest BCUT2D eigenvalue weighted by molar-refractivity contribution is 7.98. The summed E-state index contributed by atoms with van der Waals surface area (Å²) in [5.41, 5.74) is 2.78. The van der Waals surface area contributed by atoms with E-state index in [-0.39, 0.29) is 5.84 Å². The molecule has 186 valence electrons. The molecule has 8 nitrogen and oxygen atoms in total. The van der Waals surface area contributed by atoms with Gasteiger partial charge < -0.3 is 19.7 Å². The molecule has 0 radical (unpaired) electrons. The summed E-state index contributed by atoms with van der Waals surface area (Å²) in [4.78, 5) is 17.1. The lowest BCUT2D eigenvalue weighted by Gasteiger charge is -2.26. The molecule has 34 heavy (non-hydrogen) atoms. The zero-order chi connectivity index (χ0) is 24.3. The Morgan fingerprint density at radius 2 is 2.12 bits per heavy atom. The van der Waals surface area contributed by atoms with E-state index in [0.717, 1.165) is 49.5 Å². The number of nitrogens with zero attached hydrogens (tertiary/aromatic N) is 3. The zero-order valence-electron chi connectivity index (χ0n) is 20.1. The fraction of sp³-hybridized carbons (Fsp3) is 0.560. The minimum atomic E-state index is -0.848. The number of nitro groups is 1. The molecule has 1 heterocycles. The molecule has 1 aromatic heterocycles. The highest BCUT2D eigenvalue weighted by Crippen LogP contribution is 2.34. The number of furan rings is 1. The molecule has 2 unspecified atom stereocenters. The Kier molecular flexibility index (Phi) is 10.4. The first kappa shape index (κ1) is 26.2. The highest BCUT2D eigenvalue weighted by atomic mass is 32.2. The number of amidine groups is 1. The van der Waals surface area contributed by atoms with Crippen LogP contribution in [0.3, 0.4) is 0 Å². The second kappa shape index (κ2) is 13.5. The maximum Gasteiger partial charge on any atom is 0.260 e. The third kappa shape index (κ3) is 8.77. The molecule has 3 rings (SSSR count). The molecular formula is C25H36N4O4S. The largest absolute Gasteiger partial charge is 0.464 e. The van der Waals surface area contributed by atoms with Crippen LogP contribution in [0, 0.1) is 10.1 Å². The van der Waals surface area contributed by atoms with E-state index in [9.17, 15) is 15.2 Å². The number of benzene rings is 1. The van der Waals surface area contributed by atoms with E-state index in [1.54, 1.807) is 11.8 Å². The summed E-state index contributed by atoms with van der Waals surface area (Å²) in [6.07, 6.45) is 3.90. The van der Waals surface area contributed by atoms with Crippen molar-refractivity contribution in [2.75, 3.05) is 32.9 Å². The van der Waals surface area contributed by atoms with Gasteiger partial charge in [0.1, 0.15) is 17.7 Å². The monoisotopic (exact) mass is 488 g/mol. The van der Waals surface area contributed by atoms with Gasteiger partial charge in [-0.15, -0.1) is 0 Å². The van der Waals surface area contributed by atoms with Gasteiger partial charge in [-0.05, 0) is 75.4 Å². The SMILES string of the molecule is CN(C)Cc1ccc(CSCCN=C(C[N+](=O)[O-])NC(O)CCC2CCCc3ccccc32)o1. The highest BCUT2D eigenvalue weighted by Gasteiger charge is 2.21. The summed E-state index contributed by atoms with van der Waals surface area (Å²) in [5.74, 6) is 3.94. The van der Waals surface area contributed by atoms with Gasteiger partial charge in [0.25, 0.3) is 6.54 Å². The van der Waals surface area contributed by atoms with Crippen molar-refractivity contribution in [1.82, 2.24) is 10.2 Å². The number of aliphatic hydroxyl groups is 1. The number of aliphatic imine (C=N–C) groups is 1. The van der Waals surface area contributed by atoms with E-state index in [1.807, 2.05) is 26.2 Å². The number of thioether (sulfide) groups is 1. The average molecular weight is 489 g/mol. The number of fused-ring (bicyclic) bond motifs is 1. The van der Waals surface area contributed by atoms with Crippen LogP contribution in [0.4, 0.5) is 0 Å². The quantitative estimate of drug-likeness (QED) is 0.109. The van der Waals surface area contributed by atoms with Crippen LogP contribution in [0.1, 0.15) is 54.2 Å². The number of aryl methyl sites for hydroxylation is 1. The third-order valence-corrected chi connectivity index (χ3v) is 6.83. The molecule has 0 saturated carbocycles. The minimum absolute atomic E-state index is 0.230. The Hall–Kier alpha value is -2.36. The van der Waals surface area contributed by atoms with Gasteiger partial charge in [-0.25, -0.2) is 0 Å². The van der Waals surface area contributed by atoms with E-state index in [0.29, 0.717) is 24.6 Å². The van der Waals surface area contributed by atoms with Crippen LogP contribution in [-0.2, 0) is 18.7 Å². The van der Waals surface area contributed by atoms with Gasteiger partial charge in [0.15, 0.2) is 5.84 Å². The maximum absolute atomic E-state index is 11.1. The van der Waals surface area contributed by atoms with E-state index in [1.165, 1.54) is 11.1 Å². The maximum atomic E-state index is 11.1. The van der Waals surface area contributed by atoms with Crippen molar-refractivity contribution in [2.45, 2.75) is 56.5 Å². The van der Waals surface area contributed by atoms with Crippen LogP contribution in [0.2, 0.25) is 0 Å². The summed E-state index contributed by atoms with van der Waals surface area (Å²) in [5, 5.41) is 24.4. The predicted molar refractivity (Wildman–Crippen MR) is 137 cm³/mol. The van der Waals surface area contributed by atoms with Gasteiger partial charge in [0, 0.05) is 10.7 Å². The van der Waals surface area contributed by atoms with Gasteiger partial charge >= 0.3 is 0 Å². The molecule has 2 atom stereocenters. The second-order valence-electron chi connectivity index (χ2n) is 9.00. The van der Waals surface area contributed by atoms with Crippen LogP contribution < -0.4 is 5.32 Å². The fourth-order valence-corrected chi connectivity index (χ4v) is 5.08. The molecule has 0 aliphatic heterocycles. The standard InChI is InChI=1S/C25H36N4O4S/c1-28(2)16-21-11-12-22(33-21)18-34-15-14-26-24(17-29(31)32)27-25(30)13-10-20-8-5-7-19-6-3-4-9-23(19)20/h3-4,6,9,11-12,20,25,30H,5,7-8,10,13-18H2,1-2H3,(H,26,27). The van der Waals surface area contributed by atoms with Gasteiger partial charge in [-0.1, -0.05) is 24.3 Å². The first-order chi connectivity index (χ1) is 16.4. The molecule has 0 amide bonds. The average Bonchev–Trinajstić information content (AvgIpc) is 3.23. The lowest BCUT2D eigenvalue weighted by molar-refractivity contribution is -0.463. The van der Waals surface area contributed by atoms with Gasteiger partial charge in [0.2, 0.25) is 0 Å². The molecular weight excluding hydrogens is 452 g/mol. The summed E-state index contributed by atoms with van der Waals surface area (Å²) in [6, 6.07) is 12.5.